The fraction of sp³-hybridized carbons (Fsp3) is 0.500. The average Bonchev–Trinajstić information content (AvgIpc) is 2.14. The minimum Gasteiger partial charge on any atom is -0.492 e. The van der Waals surface area contributed by atoms with Gasteiger partial charge in [-0.15, -0.1) is 0 Å². The van der Waals surface area contributed by atoms with E-state index in [2.05, 4.69) is 0 Å². The zero-order valence-corrected chi connectivity index (χ0v) is 10.1. The molecule has 0 aliphatic heterocycles. The summed E-state index contributed by atoms with van der Waals surface area (Å²) in [6, 6.07) is 3.74. The molecule has 0 N–H and O–H groups in total. The molecule has 0 amide bonds. The molecule has 0 aliphatic rings. The SMILES string of the molecule is Cc1cc(OCCN(C)C)cc(C(F)(F)F)c1. The molecule has 0 saturated heterocycles. The summed E-state index contributed by atoms with van der Waals surface area (Å²) in [5.41, 5.74) is -0.128. The van der Waals surface area contributed by atoms with Crippen LogP contribution < -0.4 is 4.74 Å². The van der Waals surface area contributed by atoms with Gasteiger partial charge in [-0.1, -0.05) is 0 Å². The van der Waals surface area contributed by atoms with Gasteiger partial charge in [0.2, 0.25) is 0 Å². The normalized spacial score (nSPS) is 11.9. The van der Waals surface area contributed by atoms with Gasteiger partial charge < -0.3 is 9.64 Å². The van der Waals surface area contributed by atoms with Crippen molar-refractivity contribution in [3.63, 3.8) is 0 Å². The van der Waals surface area contributed by atoms with Crippen molar-refractivity contribution in [3.8, 4) is 5.75 Å². The third-order valence-electron chi connectivity index (χ3n) is 2.19. The number of rotatable bonds is 4. The molecule has 0 radical (unpaired) electrons. The predicted octanol–water partition coefficient (Wildman–Crippen LogP) is 2.95. The fourth-order valence-corrected chi connectivity index (χ4v) is 1.34. The molecule has 2 nitrogen and oxygen atoms in total. The van der Waals surface area contributed by atoms with Crippen molar-refractivity contribution >= 4 is 0 Å². The minimum absolute atomic E-state index is 0.263. The minimum atomic E-state index is -4.33. The van der Waals surface area contributed by atoms with Gasteiger partial charge in [-0.2, -0.15) is 13.2 Å². The lowest BCUT2D eigenvalue weighted by Crippen LogP contribution is -2.19. The highest BCUT2D eigenvalue weighted by Gasteiger charge is 2.31. The largest absolute Gasteiger partial charge is 0.492 e. The summed E-state index contributed by atoms with van der Waals surface area (Å²) in [7, 11) is 3.75. The zero-order valence-electron chi connectivity index (χ0n) is 10.1. The van der Waals surface area contributed by atoms with Crippen LogP contribution in [0, 0.1) is 6.92 Å². The van der Waals surface area contributed by atoms with Crippen LogP contribution in [0.3, 0.4) is 0 Å². The van der Waals surface area contributed by atoms with Crippen LogP contribution in [0.1, 0.15) is 11.1 Å². The van der Waals surface area contributed by atoms with E-state index in [1.54, 1.807) is 13.0 Å². The van der Waals surface area contributed by atoms with Crippen LogP contribution in [-0.4, -0.2) is 32.1 Å². The lowest BCUT2D eigenvalue weighted by molar-refractivity contribution is -0.137. The Balaban J connectivity index is 2.76. The number of benzene rings is 1. The van der Waals surface area contributed by atoms with Crippen LogP contribution in [-0.2, 0) is 6.18 Å². The van der Waals surface area contributed by atoms with E-state index in [-0.39, 0.29) is 5.75 Å². The molecule has 0 atom stereocenters. The Morgan fingerprint density at radius 3 is 2.35 bits per heavy atom. The first kappa shape index (κ1) is 13.8. The van der Waals surface area contributed by atoms with Gasteiger partial charge in [0.15, 0.2) is 0 Å². The van der Waals surface area contributed by atoms with Crippen LogP contribution in [0.15, 0.2) is 18.2 Å². The molecule has 1 aromatic rings. The molecule has 96 valence electrons. The molecule has 5 heteroatoms. The number of aryl methyl sites for hydroxylation is 1. The predicted molar refractivity (Wildman–Crippen MR) is 60.2 cm³/mol. The number of ether oxygens (including phenoxy) is 1. The number of nitrogens with zero attached hydrogens (tertiary/aromatic N) is 1. The maximum Gasteiger partial charge on any atom is 0.416 e. The summed E-state index contributed by atoms with van der Waals surface area (Å²) in [5, 5.41) is 0. The van der Waals surface area contributed by atoms with Gasteiger partial charge in [0.25, 0.3) is 0 Å². The molecule has 0 bridgehead atoms. The van der Waals surface area contributed by atoms with Crippen LogP contribution in [0.5, 0.6) is 5.75 Å². The van der Waals surface area contributed by atoms with E-state index >= 15 is 0 Å². The zero-order chi connectivity index (χ0) is 13.1. The van der Waals surface area contributed by atoms with Gasteiger partial charge in [-0.25, -0.2) is 0 Å². The molecule has 0 spiro atoms. The first-order valence-corrected chi connectivity index (χ1v) is 5.25. The molecule has 0 aromatic heterocycles. The number of hydrogen-bond acceptors (Lipinski definition) is 2. The van der Waals surface area contributed by atoms with Gasteiger partial charge >= 0.3 is 6.18 Å². The first-order valence-electron chi connectivity index (χ1n) is 5.25. The van der Waals surface area contributed by atoms with Crippen molar-refractivity contribution in [2.45, 2.75) is 13.1 Å². The summed E-state index contributed by atoms with van der Waals surface area (Å²) in [6.45, 7) is 2.65. The van der Waals surface area contributed by atoms with Gasteiger partial charge in [-0.3, -0.25) is 0 Å². The van der Waals surface area contributed by atoms with Crippen molar-refractivity contribution in [3.05, 3.63) is 29.3 Å². The van der Waals surface area contributed by atoms with Gasteiger partial charge in [0.1, 0.15) is 12.4 Å². The molecule has 0 saturated carbocycles. The first-order chi connectivity index (χ1) is 7.79. The van der Waals surface area contributed by atoms with Gasteiger partial charge in [0, 0.05) is 6.54 Å². The molecule has 17 heavy (non-hydrogen) atoms. The molecular formula is C12H16F3NO. The van der Waals surface area contributed by atoms with E-state index in [0.717, 1.165) is 12.1 Å². The Kier molecular flexibility index (Phi) is 4.40. The molecule has 0 aliphatic carbocycles. The Bertz CT molecular complexity index is 375. The van der Waals surface area contributed by atoms with E-state index < -0.39 is 11.7 Å². The Hall–Kier alpha value is -1.23. The quantitative estimate of drug-likeness (QED) is 0.811. The summed E-state index contributed by atoms with van der Waals surface area (Å²) < 4.78 is 42.9. The summed E-state index contributed by atoms with van der Waals surface area (Å²) in [6.07, 6.45) is -4.33. The second kappa shape index (κ2) is 5.40. The van der Waals surface area contributed by atoms with E-state index in [1.807, 2.05) is 19.0 Å². The third kappa shape index (κ3) is 4.65. The van der Waals surface area contributed by atoms with Crippen molar-refractivity contribution in [2.75, 3.05) is 27.2 Å². The van der Waals surface area contributed by atoms with Crippen molar-refractivity contribution in [1.82, 2.24) is 4.90 Å². The Morgan fingerprint density at radius 2 is 1.82 bits per heavy atom. The highest BCUT2D eigenvalue weighted by atomic mass is 19.4. The monoisotopic (exact) mass is 247 g/mol. The standard InChI is InChI=1S/C12H16F3NO/c1-9-6-10(12(13,14)15)8-11(7-9)17-5-4-16(2)3/h6-8H,4-5H2,1-3H3. The average molecular weight is 247 g/mol. The van der Waals surface area contributed by atoms with Crippen LogP contribution in [0.2, 0.25) is 0 Å². The smallest absolute Gasteiger partial charge is 0.416 e. The Morgan fingerprint density at radius 1 is 1.18 bits per heavy atom. The summed E-state index contributed by atoms with van der Waals surface area (Å²) >= 11 is 0. The summed E-state index contributed by atoms with van der Waals surface area (Å²) in [4.78, 5) is 1.90. The number of likely N-dealkylation sites (N-methyl/N-ethyl adjacent to an activating group) is 1. The lowest BCUT2D eigenvalue weighted by atomic mass is 10.1. The van der Waals surface area contributed by atoms with E-state index in [4.69, 9.17) is 4.74 Å². The van der Waals surface area contributed by atoms with Gasteiger partial charge in [-0.05, 0) is 44.8 Å². The number of hydrogen-bond donors (Lipinski definition) is 0. The fourth-order valence-electron chi connectivity index (χ4n) is 1.34. The van der Waals surface area contributed by atoms with Crippen LogP contribution in [0.4, 0.5) is 13.2 Å². The highest BCUT2D eigenvalue weighted by molar-refractivity contribution is 5.35. The maximum atomic E-state index is 12.5. The molecule has 0 fully saturated rings. The highest BCUT2D eigenvalue weighted by Crippen LogP contribution is 2.32. The molecule has 0 heterocycles. The topological polar surface area (TPSA) is 12.5 Å². The number of halogens is 3. The molecule has 0 unspecified atom stereocenters. The van der Waals surface area contributed by atoms with Crippen molar-refractivity contribution in [1.29, 1.82) is 0 Å². The van der Waals surface area contributed by atoms with Crippen molar-refractivity contribution in [2.24, 2.45) is 0 Å². The van der Waals surface area contributed by atoms with Crippen molar-refractivity contribution < 1.29 is 17.9 Å². The second-order valence-corrected chi connectivity index (χ2v) is 4.18. The summed E-state index contributed by atoms with van der Waals surface area (Å²) in [5.74, 6) is 0.263. The Labute approximate surface area is 99.0 Å². The molecule has 1 aromatic carbocycles. The van der Waals surface area contributed by atoms with E-state index in [0.29, 0.717) is 18.7 Å². The third-order valence-corrected chi connectivity index (χ3v) is 2.19. The van der Waals surface area contributed by atoms with Crippen LogP contribution in [0.25, 0.3) is 0 Å². The molecule has 1 rings (SSSR count). The second-order valence-electron chi connectivity index (χ2n) is 4.18. The number of alkyl halides is 3. The van der Waals surface area contributed by atoms with Gasteiger partial charge in [0.05, 0.1) is 5.56 Å². The van der Waals surface area contributed by atoms with E-state index in [9.17, 15) is 13.2 Å². The van der Waals surface area contributed by atoms with E-state index in [1.165, 1.54) is 0 Å². The molecular weight excluding hydrogens is 231 g/mol. The van der Waals surface area contributed by atoms with Crippen LogP contribution >= 0.6 is 0 Å². The maximum absolute atomic E-state index is 12.5. The lowest BCUT2D eigenvalue weighted by Gasteiger charge is -2.13.